The lowest BCUT2D eigenvalue weighted by Crippen LogP contribution is -2.44. The third-order valence-corrected chi connectivity index (χ3v) is 4.90. The number of carbonyl (C=O) groups excluding carboxylic acids is 5. The number of Topliss-reactive ketones (excluding diaryl/α,β-unsaturated/α-hetero) is 1. The summed E-state index contributed by atoms with van der Waals surface area (Å²) in [5.74, 6) is -2.24. The Bertz CT molecular complexity index is 868. The molecule has 1 heterocycles. The van der Waals surface area contributed by atoms with Crippen molar-refractivity contribution in [1.29, 1.82) is 0 Å². The molecule has 162 valence electrons. The van der Waals surface area contributed by atoms with Gasteiger partial charge in [0, 0.05) is 5.56 Å². The highest BCUT2D eigenvalue weighted by Gasteiger charge is 2.48. The standard InChI is InChI=1S/C21H27N3O6/c1-5-6-11-21(4)19(28)24(20(29)23-21)12-17(26)30-14(3)18(27)22-16-10-8-7-9-15(16)13(2)25/h7-10,14H,5-6,11-12H2,1-4H3,(H,22,27)(H,23,29)/t14-,21+/m1/s1. The van der Waals surface area contributed by atoms with Gasteiger partial charge in [0.25, 0.3) is 11.8 Å². The molecular formula is C21H27N3O6. The van der Waals surface area contributed by atoms with Crippen LogP contribution in [0.1, 0.15) is 57.3 Å². The van der Waals surface area contributed by atoms with Gasteiger partial charge in [-0.2, -0.15) is 0 Å². The highest BCUT2D eigenvalue weighted by Crippen LogP contribution is 2.23. The predicted octanol–water partition coefficient (Wildman–Crippen LogP) is 2.26. The van der Waals surface area contributed by atoms with Gasteiger partial charge in [-0.25, -0.2) is 4.79 Å². The summed E-state index contributed by atoms with van der Waals surface area (Å²) in [4.78, 5) is 61.7. The highest BCUT2D eigenvalue weighted by atomic mass is 16.5. The summed E-state index contributed by atoms with van der Waals surface area (Å²) in [6.45, 7) is 5.74. The fourth-order valence-electron chi connectivity index (χ4n) is 3.14. The Morgan fingerprint density at radius 1 is 1.23 bits per heavy atom. The summed E-state index contributed by atoms with van der Waals surface area (Å²) >= 11 is 0. The molecule has 30 heavy (non-hydrogen) atoms. The largest absolute Gasteiger partial charge is 0.451 e. The average molecular weight is 417 g/mol. The van der Waals surface area contributed by atoms with Crippen molar-refractivity contribution < 1.29 is 28.7 Å². The van der Waals surface area contributed by atoms with Crippen LogP contribution >= 0.6 is 0 Å². The van der Waals surface area contributed by atoms with E-state index in [4.69, 9.17) is 4.74 Å². The summed E-state index contributed by atoms with van der Waals surface area (Å²) in [6.07, 6.45) is 0.887. The van der Waals surface area contributed by atoms with Crippen LogP contribution in [-0.2, 0) is 19.1 Å². The van der Waals surface area contributed by atoms with Gasteiger partial charge < -0.3 is 15.4 Å². The number of benzene rings is 1. The molecule has 2 rings (SSSR count). The van der Waals surface area contributed by atoms with Gasteiger partial charge in [0.15, 0.2) is 11.9 Å². The fraction of sp³-hybridized carbons (Fsp3) is 0.476. The first-order valence-corrected chi connectivity index (χ1v) is 9.83. The Morgan fingerprint density at radius 3 is 2.53 bits per heavy atom. The molecule has 2 atom stereocenters. The van der Waals surface area contributed by atoms with Gasteiger partial charge in [-0.05, 0) is 39.3 Å². The number of para-hydroxylation sites is 1. The minimum atomic E-state index is -1.19. The van der Waals surface area contributed by atoms with Crippen molar-refractivity contribution in [3.8, 4) is 0 Å². The number of esters is 1. The monoisotopic (exact) mass is 417 g/mol. The van der Waals surface area contributed by atoms with Gasteiger partial charge in [-0.15, -0.1) is 0 Å². The maximum atomic E-state index is 12.6. The molecule has 2 N–H and O–H groups in total. The van der Waals surface area contributed by atoms with Crippen LogP contribution in [-0.4, -0.2) is 52.7 Å². The van der Waals surface area contributed by atoms with Crippen LogP contribution < -0.4 is 10.6 Å². The Balaban J connectivity index is 1.96. The SMILES string of the molecule is CCCC[C@]1(C)NC(=O)N(CC(=O)O[C@H](C)C(=O)Nc2ccccc2C(C)=O)C1=O. The van der Waals surface area contributed by atoms with Gasteiger partial charge in [-0.3, -0.25) is 24.1 Å². The fourth-order valence-corrected chi connectivity index (χ4v) is 3.14. The lowest BCUT2D eigenvalue weighted by atomic mass is 9.95. The zero-order chi connectivity index (χ0) is 22.5. The molecule has 1 aromatic rings. The van der Waals surface area contributed by atoms with E-state index in [9.17, 15) is 24.0 Å². The van der Waals surface area contributed by atoms with E-state index in [1.165, 1.54) is 13.8 Å². The molecule has 1 aliphatic rings. The van der Waals surface area contributed by atoms with E-state index in [0.717, 1.165) is 17.7 Å². The number of imide groups is 1. The second kappa shape index (κ2) is 9.51. The lowest BCUT2D eigenvalue weighted by molar-refractivity contribution is -0.155. The Labute approximate surface area is 175 Å². The lowest BCUT2D eigenvalue weighted by Gasteiger charge is -2.21. The first-order chi connectivity index (χ1) is 14.1. The molecule has 0 aromatic heterocycles. The number of nitrogens with zero attached hydrogens (tertiary/aromatic N) is 1. The molecule has 1 aliphatic heterocycles. The molecule has 4 amide bonds. The molecule has 1 aromatic carbocycles. The van der Waals surface area contributed by atoms with Crippen molar-refractivity contribution in [2.45, 2.75) is 58.6 Å². The van der Waals surface area contributed by atoms with E-state index in [1.54, 1.807) is 31.2 Å². The molecule has 1 fully saturated rings. The second-order valence-electron chi connectivity index (χ2n) is 7.48. The number of rotatable bonds is 9. The zero-order valence-electron chi connectivity index (χ0n) is 17.6. The number of carbonyl (C=O) groups is 5. The summed E-state index contributed by atoms with van der Waals surface area (Å²) in [5, 5.41) is 5.16. The summed E-state index contributed by atoms with van der Waals surface area (Å²) < 4.78 is 5.08. The highest BCUT2D eigenvalue weighted by molar-refractivity contribution is 6.08. The molecular weight excluding hydrogens is 390 g/mol. The number of unbranched alkanes of at least 4 members (excludes halogenated alkanes) is 1. The Kier molecular flexibility index (Phi) is 7.31. The van der Waals surface area contributed by atoms with Crippen molar-refractivity contribution in [1.82, 2.24) is 10.2 Å². The van der Waals surface area contributed by atoms with Crippen molar-refractivity contribution in [3.63, 3.8) is 0 Å². The van der Waals surface area contributed by atoms with Crippen LogP contribution in [0.15, 0.2) is 24.3 Å². The van der Waals surface area contributed by atoms with E-state index in [2.05, 4.69) is 10.6 Å². The number of hydrogen-bond acceptors (Lipinski definition) is 6. The van der Waals surface area contributed by atoms with Gasteiger partial charge in [0.2, 0.25) is 0 Å². The van der Waals surface area contributed by atoms with Gasteiger partial charge in [0.1, 0.15) is 12.1 Å². The van der Waals surface area contributed by atoms with E-state index in [1.807, 2.05) is 6.92 Å². The minimum absolute atomic E-state index is 0.222. The maximum absolute atomic E-state index is 12.6. The Hall–Kier alpha value is -3.23. The molecule has 1 saturated heterocycles. The molecule has 9 heteroatoms. The van der Waals surface area contributed by atoms with Crippen molar-refractivity contribution in [2.24, 2.45) is 0 Å². The van der Waals surface area contributed by atoms with Gasteiger partial charge >= 0.3 is 12.0 Å². The molecule has 0 radical (unpaired) electrons. The zero-order valence-corrected chi connectivity index (χ0v) is 17.6. The van der Waals surface area contributed by atoms with Gasteiger partial charge in [0.05, 0.1) is 5.69 Å². The quantitative estimate of drug-likeness (QED) is 0.361. The number of hydrogen-bond donors (Lipinski definition) is 2. The first-order valence-electron chi connectivity index (χ1n) is 9.83. The van der Waals surface area contributed by atoms with Crippen molar-refractivity contribution in [2.75, 3.05) is 11.9 Å². The number of urea groups is 1. The Morgan fingerprint density at radius 2 is 1.90 bits per heavy atom. The number of ether oxygens (including phenoxy) is 1. The molecule has 0 saturated carbocycles. The third-order valence-electron chi connectivity index (χ3n) is 4.90. The maximum Gasteiger partial charge on any atom is 0.327 e. The van der Waals surface area contributed by atoms with E-state index in [0.29, 0.717) is 17.7 Å². The van der Waals surface area contributed by atoms with Crippen LogP contribution in [0, 0.1) is 0 Å². The topological polar surface area (TPSA) is 122 Å². The second-order valence-corrected chi connectivity index (χ2v) is 7.48. The number of anilines is 1. The van der Waals surface area contributed by atoms with E-state index >= 15 is 0 Å². The molecule has 0 unspecified atom stereocenters. The third kappa shape index (κ3) is 5.22. The smallest absolute Gasteiger partial charge is 0.327 e. The average Bonchev–Trinajstić information content (AvgIpc) is 2.89. The minimum Gasteiger partial charge on any atom is -0.451 e. The number of amides is 4. The van der Waals surface area contributed by atoms with Crippen molar-refractivity contribution in [3.05, 3.63) is 29.8 Å². The summed E-state index contributed by atoms with van der Waals surface area (Å²) in [7, 11) is 0. The molecule has 0 bridgehead atoms. The first kappa shape index (κ1) is 23.1. The van der Waals surface area contributed by atoms with Crippen LogP contribution in [0.2, 0.25) is 0 Å². The number of ketones is 1. The van der Waals surface area contributed by atoms with Crippen LogP contribution in [0.25, 0.3) is 0 Å². The van der Waals surface area contributed by atoms with E-state index in [-0.39, 0.29) is 5.78 Å². The van der Waals surface area contributed by atoms with Crippen LogP contribution in [0.5, 0.6) is 0 Å². The van der Waals surface area contributed by atoms with Crippen molar-refractivity contribution >= 4 is 35.3 Å². The summed E-state index contributed by atoms with van der Waals surface area (Å²) in [5.41, 5.74) is -0.416. The number of nitrogens with one attached hydrogen (secondary N) is 2. The van der Waals surface area contributed by atoms with Crippen LogP contribution in [0.3, 0.4) is 0 Å². The molecule has 9 nitrogen and oxygen atoms in total. The molecule has 0 aliphatic carbocycles. The summed E-state index contributed by atoms with van der Waals surface area (Å²) in [6, 6.07) is 5.80. The normalized spacial score (nSPS) is 19.3. The van der Waals surface area contributed by atoms with Crippen LogP contribution in [0.4, 0.5) is 10.5 Å². The predicted molar refractivity (Wildman–Crippen MR) is 109 cm³/mol. The van der Waals surface area contributed by atoms with E-state index < -0.39 is 42.0 Å². The van der Waals surface area contributed by atoms with Gasteiger partial charge in [-0.1, -0.05) is 31.9 Å². The molecule has 0 spiro atoms.